The number of nitrogens with one attached hydrogen (secondary N) is 1. The zero-order chi connectivity index (χ0) is 26.2. The van der Waals surface area contributed by atoms with Gasteiger partial charge in [-0.05, 0) is 54.2 Å². The van der Waals surface area contributed by atoms with E-state index in [4.69, 9.17) is 14.1 Å². The Morgan fingerprint density at radius 3 is 2.68 bits per heavy atom. The van der Waals surface area contributed by atoms with Gasteiger partial charge in [0.1, 0.15) is 17.7 Å². The highest BCUT2D eigenvalue weighted by atomic mass is 19.1. The van der Waals surface area contributed by atoms with E-state index in [-0.39, 0.29) is 23.6 Å². The van der Waals surface area contributed by atoms with Gasteiger partial charge in [0.15, 0.2) is 17.2 Å². The molecule has 1 aliphatic carbocycles. The summed E-state index contributed by atoms with van der Waals surface area (Å²) in [6.07, 6.45) is 4.01. The van der Waals surface area contributed by atoms with Crippen molar-refractivity contribution in [3.63, 3.8) is 0 Å². The van der Waals surface area contributed by atoms with Crippen molar-refractivity contribution in [2.24, 2.45) is 7.05 Å². The summed E-state index contributed by atoms with van der Waals surface area (Å²) in [6, 6.07) is 16.7. The van der Waals surface area contributed by atoms with Gasteiger partial charge >= 0.3 is 0 Å². The number of aryl methyl sites for hydroxylation is 1. The maximum atomic E-state index is 15.7. The lowest BCUT2D eigenvalue weighted by atomic mass is 9.94. The van der Waals surface area contributed by atoms with E-state index in [0.29, 0.717) is 34.8 Å². The van der Waals surface area contributed by atoms with Crippen LogP contribution >= 0.6 is 0 Å². The molecule has 38 heavy (non-hydrogen) atoms. The Balaban J connectivity index is 1.49. The van der Waals surface area contributed by atoms with Crippen LogP contribution in [0.4, 0.5) is 4.39 Å². The molecule has 2 atom stereocenters. The molecule has 1 saturated carbocycles. The van der Waals surface area contributed by atoms with E-state index in [1.54, 1.807) is 24.1 Å². The predicted octanol–water partition coefficient (Wildman–Crippen LogP) is 5.11. The summed E-state index contributed by atoms with van der Waals surface area (Å²) < 4.78 is 29.2. The minimum Gasteiger partial charge on any atom is -0.493 e. The maximum absolute atomic E-state index is 15.7. The number of aliphatic hydroxyl groups excluding tert-OH is 1. The van der Waals surface area contributed by atoms with Gasteiger partial charge in [0, 0.05) is 25.2 Å². The van der Waals surface area contributed by atoms with Crippen molar-refractivity contribution in [2.45, 2.75) is 38.0 Å². The molecule has 0 radical (unpaired) electrons. The molecule has 0 saturated heterocycles. The first kappa shape index (κ1) is 24.3. The zero-order valence-corrected chi connectivity index (χ0v) is 21.2. The molecule has 2 N–H and O–H groups in total. The standard InChI is InChI=1S/C29H28FN5O3/c1-35-16-32-34-28(35)25-19(18-7-4-3-5-8-18)11-12-20(30)26(25)29-33-22-13-17(14-24(37-2)27(22)38-29)15-31-21-9-6-10-23(21)36/h3-5,7-8,11-14,16,21,23,31,36H,6,9-10,15H2,1-2H3. The summed E-state index contributed by atoms with van der Waals surface area (Å²) in [4.78, 5) is 4.72. The molecule has 8 nitrogen and oxygen atoms in total. The molecular weight excluding hydrogens is 485 g/mol. The van der Waals surface area contributed by atoms with E-state index in [9.17, 15) is 5.11 Å². The van der Waals surface area contributed by atoms with Crippen molar-refractivity contribution in [1.82, 2.24) is 25.1 Å². The van der Waals surface area contributed by atoms with Gasteiger partial charge in [-0.15, -0.1) is 10.2 Å². The molecule has 3 aromatic carbocycles. The second kappa shape index (κ2) is 10.00. The Morgan fingerprint density at radius 2 is 1.97 bits per heavy atom. The van der Waals surface area contributed by atoms with Gasteiger partial charge in [-0.1, -0.05) is 36.4 Å². The Labute approximate surface area is 219 Å². The summed E-state index contributed by atoms with van der Waals surface area (Å²) >= 11 is 0. The van der Waals surface area contributed by atoms with Crippen LogP contribution in [0.25, 0.3) is 45.1 Å². The third-order valence-corrected chi connectivity index (χ3v) is 7.17. The maximum Gasteiger partial charge on any atom is 0.231 e. The molecule has 1 aliphatic rings. The molecule has 2 heterocycles. The lowest BCUT2D eigenvalue weighted by molar-refractivity contribution is 0.148. The van der Waals surface area contributed by atoms with Crippen LogP contribution < -0.4 is 10.1 Å². The van der Waals surface area contributed by atoms with E-state index < -0.39 is 5.82 Å². The van der Waals surface area contributed by atoms with Crippen LogP contribution in [0.3, 0.4) is 0 Å². The molecule has 2 unspecified atom stereocenters. The fourth-order valence-corrected chi connectivity index (χ4v) is 5.23. The first-order valence-corrected chi connectivity index (χ1v) is 12.6. The van der Waals surface area contributed by atoms with Crippen LogP contribution in [0, 0.1) is 5.82 Å². The fraction of sp³-hybridized carbons (Fsp3) is 0.276. The molecule has 9 heteroatoms. The van der Waals surface area contributed by atoms with Crippen molar-refractivity contribution >= 4 is 11.1 Å². The number of ether oxygens (including phenoxy) is 1. The molecular formula is C29H28FN5O3. The second-order valence-electron chi connectivity index (χ2n) is 9.63. The van der Waals surface area contributed by atoms with E-state index in [1.807, 2.05) is 49.5 Å². The highest BCUT2D eigenvalue weighted by Crippen LogP contribution is 2.42. The Hall–Kier alpha value is -4.08. The number of methoxy groups -OCH3 is 1. The van der Waals surface area contributed by atoms with Crippen LogP contribution in [0.1, 0.15) is 24.8 Å². The average molecular weight is 514 g/mol. The van der Waals surface area contributed by atoms with Crippen LogP contribution in [0.5, 0.6) is 5.75 Å². The van der Waals surface area contributed by atoms with Crippen molar-refractivity contribution in [3.05, 3.63) is 72.3 Å². The third kappa shape index (κ3) is 4.33. The SMILES string of the molecule is COc1cc(CNC2CCCC2O)cc2nc(-c3c(F)ccc(-c4ccccc4)c3-c3nncn3C)oc12. The number of fused-ring (bicyclic) bond motifs is 1. The van der Waals surface area contributed by atoms with Crippen molar-refractivity contribution in [1.29, 1.82) is 0 Å². The molecule has 2 aromatic heterocycles. The van der Waals surface area contributed by atoms with E-state index in [1.165, 1.54) is 6.07 Å². The predicted molar refractivity (Wildman–Crippen MR) is 142 cm³/mol. The zero-order valence-electron chi connectivity index (χ0n) is 21.2. The number of halogens is 1. The van der Waals surface area contributed by atoms with E-state index >= 15 is 4.39 Å². The number of aliphatic hydroxyl groups is 1. The lowest BCUT2D eigenvalue weighted by Gasteiger charge is -2.16. The number of hydrogen-bond acceptors (Lipinski definition) is 7. The molecule has 5 aromatic rings. The van der Waals surface area contributed by atoms with Gasteiger partial charge in [-0.3, -0.25) is 0 Å². The third-order valence-electron chi connectivity index (χ3n) is 7.17. The second-order valence-corrected chi connectivity index (χ2v) is 9.63. The van der Waals surface area contributed by atoms with Crippen LogP contribution in [0.15, 0.2) is 65.3 Å². The minimum absolute atomic E-state index is 0.0633. The van der Waals surface area contributed by atoms with Crippen molar-refractivity contribution < 1.29 is 18.7 Å². The number of hydrogen-bond donors (Lipinski definition) is 2. The highest BCUT2D eigenvalue weighted by Gasteiger charge is 2.27. The molecule has 0 amide bonds. The Kier molecular flexibility index (Phi) is 6.39. The fourth-order valence-electron chi connectivity index (χ4n) is 5.23. The molecule has 6 rings (SSSR count). The summed E-state index contributed by atoms with van der Waals surface area (Å²) in [5.74, 6) is 0.644. The van der Waals surface area contributed by atoms with Crippen molar-refractivity contribution in [3.8, 4) is 39.7 Å². The van der Waals surface area contributed by atoms with Gasteiger partial charge in [0.2, 0.25) is 5.89 Å². The van der Waals surface area contributed by atoms with Gasteiger partial charge in [-0.25, -0.2) is 9.37 Å². The van der Waals surface area contributed by atoms with Crippen LogP contribution in [-0.4, -0.2) is 44.1 Å². The monoisotopic (exact) mass is 513 g/mol. The average Bonchev–Trinajstić information content (AvgIpc) is 3.66. The molecule has 1 fully saturated rings. The molecule has 0 spiro atoms. The largest absolute Gasteiger partial charge is 0.493 e. The van der Waals surface area contributed by atoms with E-state index in [0.717, 1.165) is 36.0 Å². The summed E-state index contributed by atoms with van der Waals surface area (Å²) in [6.45, 7) is 0.540. The quantitative estimate of drug-likeness (QED) is 0.312. The highest BCUT2D eigenvalue weighted by molar-refractivity contribution is 5.92. The van der Waals surface area contributed by atoms with Gasteiger partial charge < -0.3 is 24.1 Å². The normalized spacial score (nSPS) is 17.4. The number of nitrogens with zero attached hydrogens (tertiary/aromatic N) is 4. The molecule has 0 aliphatic heterocycles. The smallest absolute Gasteiger partial charge is 0.231 e. The topological polar surface area (TPSA) is 98.2 Å². The summed E-state index contributed by atoms with van der Waals surface area (Å²) in [5.41, 5.74) is 4.35. The summed E-state index contributed by atoms with van der Waals surface area (Å²) in [5, 5.41) is 21.9. The first-order valence-electron chi connectivity index (χ1n) is 12.6. The van der Waals surface area contributed by atoms with Gasteiger partial charge in [0.05, 0.1) is 18.8 Å². The number of aromatic nitrogens is 4. The number of rotatable bonds is 7. The first-order chi connectivity index (χ1) is 18.5. The van der Waals surface area contributed by atoms with Crippen LogP contribution in [-0.2, 0) is 13.6 Å². The molecule has 194 valence electrons. The lowest BCUT2D eigenvalue weighted by Crippen LogP contribution is -2.35. The van der Waals surface area contributed by atoms with Crippen LogP contribution in [0.2, 0.25) is 0 Å². The Morgan fingerprint density at radius 1 is 1.13 bits per heavy atom. The Bertz CT molecular complexity index is 1600. The van der Waals surface area contributed by atoms with Crippen molar-refractivity contribution in [2.75, 3.05) is 7.11 Å². The number of oxazole rings is 1. The minimum atomic E-state index is -0.481. The number of benzene rings is 3. The summed E-state index contributed by atoms with van der Waals surface area (Å²) in [7, 11) is 3.38. The van der Waals surface area contributed by atoms with Gasteiger partial charge in [-0.2, -0.15) is 0 Å². The molecule has 0 bridgehead atoms. The van der Waals surface area contributed by atoms with Gasteiger partial charge in [0.25, 0.3) is 0 Å². The van der Waals surface area contributed by atoms with E-state index in [2.05, 4.69) is 15.5 Å².